The van der Waals surface area contributed by atoms with Gasteiger partial charge in [-0.05, 0) is 55.7 Å². The first-order chi connectivity index (χ1) is 12.8. The fourth-order valence-corrected chi connectivity index (χ4v) is 3.22. The van der Waals surface area contributed by atoms with Crippen molar-refractivity contribution in [3.63, 3.8) is 0 Å². The van der Waals surface area contributed by atoms with Crippen LogP contribution in [0.5, 0.6) is 17.2 Å². The molecule has 1 saturated heterocycles. The van der Waals surface area contributed by atoms with Crippen LogP contribution in [-0.4, -0.2) is 32.4 Å². The van der Waals surface area contributed by atoms with Crippen molar-refractivity contribution in [3.05, 3.63) is 42.5 Å². The molecular weight excluding hydrogens is 332 g/mol. The number of piperidine rings is 1. The quantitative estimate of drug-likeness (QED) is 0.891. The van der Waals surface area contributed by atoms with E-state index in [9.17, 15) is 4.79 Å². The van der Waals surface area contributed by atoms with Crippen LogP contribution in [0, 0.1) is 0 Å². The van der Waals surface area contributed by atoms with Crippen molar-refractivity contribution >= 4 is 17.3 Å². The molecule has 2 aliphatic heterocycles. The van der Waals surface area contributed by atoms with E-state index in [4.69, 9.17) is 14.2 Å². The molecule has 0 saturated carbocycles. The van der Waals surface area contributed by atoms with Gasteiger partial charge in [-0.15, -0.1) is 0 Å². The molecule has 2 aliphatic rings. The summed E-state index contributed by atoms with van der Waals surface area (Å²) in [5.41, 5.74) is 1.98. The van der Waals surface area contributed by atoms with Crippen molar-refractivity contribution in [2.24, 2.45) is 0 Å². The molecule has 0 bridgehead atoms. The van der Waals surface area contributed by atoms with Gasteiger partial charge in [-0.1, -0.05) is 0 Å². The standard InChI is InChI=1S/C20H22N2O4/c23-20(13-24-17-8-9-18-19(12-17)26-14-25-18)21-15-4-6-16(7-5-15)22-10-2-1-3-11-22/h4-9,12H,1-3,10-11,13-14H2,(H,21,23). The summed E-state index contributed by atoms with van der Waals surface area (Å²) in [5, 5.41) is 2.86. The number of rotatable bonds is 5. The molecule has 0 atom stereocenters. The highest BCUT2D eigenvalue weighted by atomic mass is 16.7. The molecule has 0 aliphatic carbocycles. The number of carbonyl (C=O) groups excluding carboxylic acids is 1. The molecule has 0 radical (unpaired) electrons. The lowest BCUT2D eigenvalue weighted by atomic mass is 10.1. The van der Waals surface area contributed by atoms with E-state index >= 15 is 0 Å². The minimum atomic E-state index is -0.201. The van der Waals surface area contributed by atoms with Crippen LogP contribution in [-0.2, 0) is 4.79 Å². The molecule has 1 fully saturated rings. The van der Waals surface area contributed by atoms with Crippen LogP contribution < -0.4 is 24.4 Å². The summed E-state index contributed by atoms with van der Waals surface area (Å²) in [6.45, 7) is 2.37. The second-order valence-corrected chi connectivity index (χ2v) is 6.45. The van der Waals surface area contributed by atoms with E-state index in [1.807, 2.05) is 12.1 Å². The Balaban J connectivity index is 1.29. The molecule has 4 rings (SSSR count). The number of nitrogens with one attached hydrogen (secondary N) is 1. The predicted molar refractivity (Wildman–Crippen MR) is 99.2 cm³/mol. The summed E-state index contributed by atoms with van der Waals surface area (Å²) in [5.74, 6) is 1.70. The average molecular weight is 354 g/mol. The first-order valence-corrected chi connectivity index (χ1v) is 8.95. The van der Waals surface area contributed by atoms with Gasteiger partial charge in [0.15, 0.2) is 18.1 Å². The lowest BCUT2D eigenvalue weighted by Gasteiger charge is -2.28. The van der Waals surface area contributed by atoms with Crippen molar-refractivity contribution in [1.29, 1.82) is 0 Å². The first kappa shape index (κ1) is 16.6. The van der Waals surface area contributed by atoms with Gasteiger partial charge in [0.2, 0.25) is 6.79 Å². The van der Waals surface area contributed by atoms with Crippen molar-refractivity contribution in [3.8, 4) is 17.2 Å². The predicted octanol–water partition coefficient (Wildman–Crippen LogP) is 3.42. The molecule has 136 valence electrons. The number of benzene rings is 2. The van der Waals surface area contributed by atoms with Gasteiger partial charge in [-0.3, -0.25) is 4.79 Å². The first-order valence-electron chi connectivity index (χ1n) is 8.95. The van der Waals surface area contributed by atoms with Gasteiger partial charge in [0.1, 0.15) is 5.75 Å². The number of hydrogen-bond acceptors (Lipinski definition) is 5. The third-order valence-electron chi connectivity index (χ3n) is 4.59. The van der Waals surface area contributed by atoms with E-state index in [-0.39, 0.29) is 19.3 Å². The zero-order chi connectivity index (χ0) is 17.8. The van der Waals surface area contributed by atoms with Crippen molar-refractivity contribution in [1.82, 2.24) is 0 Å². The average Bonchev–Trinajstić information content (AvgIpc) is 3.15. The Labute approximate surface area is 152 Å². The molecular formula is C20H22N2O4. The fraction of sp³-hybridized carbons (Fsp3) is 0.350. The van der Waals surface area contributed by atoms with Crippen molar-refractivity contribution in [2.45, 2.75) is 19.3 Å². The highest BCUT2D eigenvalue weighted by Crippen LogP contribution is 2.35. The van der Waals surface area contributed by atoms with E-state index < -0.39 is 0 Å². The van der Waals surface area contributed by atoms with Crippen LogP contribution in [0.15, 0.2) is 42.5 Å². The summed E-state index contributed by atoms with van der Waals surface area (Å²) in [4.78, 5) is 14.5. The van der Waals surface area contributed by atoms with Crippen LogP contribution >= 0.6 is 0 Å². The molecule has 2 heterocycles. The molecule has 26 heavy (non-hydrogen) atoms. The molecule has 0 unspecified atom stereocenters. The summed E-state index contributed by atoms with van der Waals surface area (Å²) in [6, 6.07) is 13.2. The maximum absolute atomic E-state index is 12.1. The fourth-order valence-electron chi connectivity index (χ4n) is 3.22. The zero-order valence-electron chi connectivity index (χ0n) is 14.6. The van der Waals surface area contributed by atoms with Crippen LogP contribution in [0.4, 0.5) is 11.4 Å². The molecule has 0 aromatic heterocycles. The number of ether oxygens (including phenoxy) is 3. The molecule has 6 nitrogen and oxygen atoms in total. The molecule has 2 aromatic carbocycles. The summed E-state index contributed by atoms with van der Waals surface area (Å²) < 4.78 is 16.1. The molecule has 1 N–H and O–H groups in total. The minimum Gasteiger partial charge on any atom is -0.484 e. The minimum absolute atomic E-state index is 0.0620. The van der Waals surface area contributed by atoms with Crippen LogP contribution in [0.1, 0.15) is 19.3 Å². The maximum atomic E-state index is 12.1. The summed E-state index contributed by atoms with van der Waals surface area (Å²) in [6.07, 6.45) is 3.80. The Morgan fingerprint density at radius 1 is 1.00 bits per heavy atom. The SMILES string of the molecule is O=C(COc1ccc2c(c1)OCO2)Nc1ccc(N2CCCCC2)cc1. The highest BCUT2D eigenvalue weighted by molar-refractivity contribution is 5.92. The summed E-state index contributed by atoms with van der Waals surface area (Å²) in [7, 11) is 0. The smallest absolute Gasteiger partial charge is 0.262 e. The van der Waals surface area contributed by atoms with Crippen LogP contribution in [0.2, 0.25) is 0 Å². The van der Waals surface area contributed by atoms with E-state index in [0.29, 0.717) is 17.2 Å². The van der Waals surface area contributed by atoms with E-state index in [0.717, 1.165) is 18.8 Å². The van der Waals surface area contributed by atoms with Gasteiger partial charge in [-0.25, -0.2) is 0 Å². The number of hydrogen-bond donors (Lipinski definition) is 1. The van der Waals surface area contributed by atoms with E-state index in [1.54, 1.807) is 18.2 Å². The second-order valence-electron chi connectivity index (χ2n) is 6.45. The Hall–Kier alpha value is -2.89. The Morgan fingerprint density at radius 2 is 1.77 bits per heavy atom. The Bertz CT molecular complexity index is 770. The van der Waals surface area contributed by atoms with Crippen molar-refractivity contribution in [2.75, 3.05) is 36.7 Å². The maximum Gasteiger partial charge on any atom is 0.262 e. The van der Waals surface area contributed by atoms with Crippen LogP contribution in [0.25, 0.3) is 0 Å². The molecule has 2 aromatic rings. The number of amides is 1. The third kappa shape index (κ3) is 3.85. The van der Waals surface area contributed by atoms with Gasteiger partial charge < -0.3 is 24.4 Å². The third-order valence-corrected chi connectivity index (χ3v) is 4.59. The van der Waals surface area contributed by atoms with E-state index in [2.05, 4.69) is 22.3 Å². The number of nitrogens with zero attached hydrogens (tertiary/aromatic N) is 1. The second kappa shape index (κ2) is 7.56. The van der Waals surface area contributed by atoms with E-state index in [1.165, 1.54) is 24.9 Å². The Morgan fingerprint density at radius 3 is 2.58 bits per heavy atom. The topological polar surface area (TPSA) is 60.0 Å². The lowest BCUT2D eigenvalue weighted by molar-refractivity contribution is -0.118. The lowest BCUT2D eigenvalue weighted by Crippen LogP contribution is -2.29. The highest BCUT2D eigenvalue weighted by Gasteiger charge is 2.14. The number of fused-ring (bicyclic) bond motifs is 1. The number of anilines is 2. The molecule has 0 spiro atoms. The monoisotopic (exact) mass is 354 g/mol. The van der Waals surface area contributed by atoms with Crippen molar-refractivity contribution < 1.29 is 19.0 Å². The van der Waals surface area contributed by atoms with Gasteiger partial charge >= 0.3 is 0 Å². The normalized spacial score (nSPS) is 15.6. The molecule has 1 amide bonds. The zero-order valence-corrected chi connectivity index (χ0v) is 14.6. The summed E-state index contributed by atoms with van der Waals surface area (Å²) >= 11 is 0. The van der Waals surface area contributed by atoms with Gasteiger partial charge in [0, 0.05) is 30.5 Å². The van der Waals surface area contributed by atoms with Gasteiger partial charge in [0.25, 0.3) is 5.91 Å². The largest absolute Gasteiger partial charge is 0.484 e. The van der Waals surface area contributed by atoms with Gasteiger partial charge in [0.05, 0.1) is 0 Å². The Kier molecular flexibility index (Phi) is 4.82. The van der Waals surface area contributed by atoms with Gasteiger partial charge in [-0.2, -0.15) is 0 Å². The van der Waals surface area contributed by atoms with Crippen LogP contribution in [0.3, 0.4) is 0 Å². The molecule has 6 heteroatoms. The number of carbonyl (C=O) groups is 1.